The third kappa shape index (κ3) is 4.95. The number of hydrogen-bond acceptors (Lipinski definition) is 5. The van der Waals surface area contributed by atoms with Gasteiger partial charge in [-0.15, -0.1) is 0 Å². The Bertz CT molecular complexity index is 688. The molecule has 0 bridgehead atoms. The number of thiazole rings is 1. The van der Waals surface area contributed by atoms with Gasteiger partial charge in [0.15, 0.2) is 11.7 Å². The van der Waals surface area contributed by atoms with Crippen LogP contribution in [-0.4, -0.2) is 23.5 Å². The maximum atomic E-state index is 11.7. The monoisotopic (exact) mass is 422 g/mol. The number of rotatable bonds is 5. The number of carbonyl (C=O) groups excluding carboxylic acids is 2. The number of aromatic nitrogens is 1. The van der Waals surface area contributed by atoms with Gasteiger partial charge in [0.2, 0.25) is 0 Å². The van der Waals surface area contributed by atoms with E-state index in [1.165, 1.54) is 11.3 Å². The van der Waals surface area contributed by atoms with Crippen molar-refractivity contribution in [2.45, 2.75) is 6.42 Å². The summed E-state index contributed by atoms with van der Waals surface area (Å²) in [7, 11) is 0. The smallest absolute Gasteiger partial charge is 0.310 e. The van der Waals surface area contributed by atoms with Crippen molar-refractivity contribution in [1.82, 2.24) is 4.98 Å². The molecule has 0 saturated heterocycles. The summed E-state index contributed by atoms with van der Waals surface area (Å²) in [6, 6.07) is 4.94. The maximum Gasteiger partial charge on any atom is 0.310 e. The molecule has 0 saturated carbocycles. The van der Waals surface area contributed by atoms with Gasteiger partial charge in [-0.2, -0.15) is 0 Å². The molecule has 1 aromatic carbocycles. The van der Waals surface area contributed by atoms with Crippen LogP contribution in [0.2, 0.25) is 10.0 Å². The molecule has 9 heteroatoms. The topological polar surface area (TPSA) is 68.3 Å². The van der Waals surface area contributed by atoms with E-state index in [0.29, 0.717) is 20.7 Å². The first kappa shape index (κ1) is 17.2. The van der Waals surface area contributed by atoms with Gasteiger partial charge < -0.3 is 4.74 Å². The Morgan fingerprint density at radius 3 is 2.59 bits per heavy atom. The Balaban J connectivity index is 1.84. The van der Waals surface area contributed by atoms with E-state index in [4.69, 9.17) is 27.9 Å². The fourth-order valence-electron chi connectivity index (χ4n) is 1.51. The second-order valence-electron chi connectivity index (χ2n) is 4.06. The molecular formula is C13H9BrCl2N2O3S. The van der Waals surface area contributed by atoms with Crippen molar-refractivity contribution in [3.05, 3.63) is 43.8 Å². The van der Waals surface area contributed by atoms with E-state index >= 15 is 0 Å². The molecule has 1 N–H and O–H groups in total. The molecule has 2 rings (SSSR count). The van der Waals surface area contributed by atoms with E-state index < -0.39 is 18.5 Å². The maximum absolute atomic E-state index is 11.7. The predicted octanol–water partition coefficient (Wildman–Crippen LogP) is 3.94. The molecule has 0 aliphatic rings. The van der Waals surface area contributed by atoms with Crippen LogP contribution in [0.15, 0.2) is 28.2 Å². The Morgan fingerprint density at radius 2 is 2.00 bits per heavy atom. The predicted molar refractivity (Wildman–Crippen MR) is 89.6 cm³/mol. The number of esters is 1. The van der Waals surface area contributed by atoms with Gasteiger partial charge in [-0.3, -0.25) is 14.9 Å². The minimum atomic E-state index is -0.592. The van der Waals surface area contributed by atoms with E-state index in [0.717, 1.165) is 3.79 Å². The van der Waals surface area contributed by atoms with Gasteiger partial charge in [0, 0.05) is 15.6 Å². The van der Waals surface area contributed by atoms with E-state index in [-0.39, 0.29) is 6.42 Å². The van der Waals surface area contributed by atoms with Crippen LogP contribution in [0.25, 0.3) is 0 Å². The highest BCUT2D eigenvalue weighted by Crippen LogP contribution is 2.25. The Hall–Kier alpha value is -1.15. The van der Waals surface area contributed by atoms with E-state index in [2.05, 4.69) is 26.2 Å². The number of halogens is 3. The molecule has 2 aromatic rings. The van der Waals surface area contributed by atoms with Crippen molar-refractivity contribution < 1.29 is 14.3 Å². The number of ether oxygens (including phenoxy) is 1. The molecule has 116 valence electrons. The molecule has 0 unspecified atom stereocenters. The van der Waals surface area contributed by atoms with Crippen LogP contribution in [0.5, 0.6) is 0 Å². The first-order valence-corrected chi connectivity index (χ1v) is 8.32. The molecule has 1 amide bonds. The number of carbonyl (C=O) groups is 2. The molecule has 0 fully saturated rings. The second kappa shape index (κ2) is 7.92. The summed E-state index contributed by atoms with van der Waals surface area (Å²) in [6.07, 6.45) is 1.46. The van der Waals surface area contributed by atoms with Crippen molar-refractivity contribution in [3.8, 4) is 0 Å². The summed E-state index contributed by atoms with van der Waals surface area (Å²) < 4.78 is 5.68. The van der Waals surface area contributed by atoms with Crippen molar-refractivity contribution in [2.75, 3.05) is 11.9 Å². The number of nitrogens with one attached hydrogen (secondary N) is 1. The summed E-state index contributed by atoms with van der Waals surface area (Å²) in [5, 5.41) is 3.69. The molecule has 0 aliphatic heterocycles. The molecule has 5 nitrogen and oxygen atoms in total. The normalized spacial score (nSPS) is 10.3. The number of anilines is 1. The van der Waals surface area contributed by atoms with E-state index in [1.807, 2.05) is 0 Å². The molecule has 22 heavy (non-hydrogen) atoms. The van der Waals surface area contributed by atoms with Crippen LogP contribution in [0.4, 0.5) is 5.13 Å². The Kier molecular flexibility index (Phi) is 6.19. The SMILES string of the molecule is O=C(COC(=O)Cc1c(Cl)cccc1Cl)Nc1ncc(Br)s1. The van der Waals surface area contributed by atoms with Gasteiger partial charge in [0.25, 0.3) is 5.91 Å². The van der Waals surface area contributed by atoms with Crippen LogP contribution in [-0.2, 0) is 20.7 Å². The summed E-state index contributed by atoms with van der Waals surface area (Å²) in [5.41, 5.74) is 0.472. The van der Waals surface area contributed by atoms with Gasteiger partial charge in [-0.25, -0.2) is 4.98 Å². The van der Waals surface area contributed by atoms with Crippen LogP contribution in [0.1, 0.15) is 5.56 Å². The summed E-state index contributed by atoms with van der Waals surface area (Å²) in [6.45, 7) is -0.405. The third-order valence-corrected chi connectivity index (χ3v) is 4.57. The molecule has 0 spiro atoms. The zero-order chi connectivity index (χ0) is 16.1. The van der Waals surface area contributed by atoms with Crippen LogP contribution in [0.3, 0.4) is 0 Å². The number of amides is 1. The average Bonchev–Trinajstić information content (AvgIpc) is 2.86. The third-order valence-electron chi connectivity index (χ3n) is 2.47. The summed E-state index contributed by atoms with van der Waals surface area (Å²) in [4.78, 5) is 27.3. The summed E-state index contributed by atoms with van der Waals surface area (Å²) in [5.74, 6) is -1.06. The lowest BCUT2D eigenvalue weighted by Gasteiger charge is -2.07. The van der Waals surface area contributed by atoms with Gasteiger partial charge in [-0.05, 0) is 28.1 Å². The highest BCUT2D eigenvalue weighted by molar-refractivity contribution is 9.11. The molecule has 0 atom stereocenters. The summed E-state index contributed by atoms with van der Waals surface area (Å²) >= 11 is 16.4. The zero-order valence-corrected chi connectivity index (χ0v) is 14.9. The lowest BCUT2D eigenvalue weighted by Crippen LogP contribution is -2.21. The van der Waals surface area contributed by atoms with Gasteiger partial charge in [0.05, 0.1) is 16.4 Å². The van der Waals surface area contributed by atoms with Crippen molar-refractivity contribution in [1.29, 1.82) is 0 Å². The van der Waals surface area contributed by atoms with Gasteiger partial charge in [0.1, 0.15) is 0 Å². The standard InChI is InChI=1S/C13H9BrCl2N2O3S/c14-10-5-17-13(22-10)18-11(19)6-21-12(20)4-7-8(15)2-1-3-9(7)16/h1-3,5H,4,6H2,(H,17,18,19). The van der Waals surface area contributed by atoms with Crippen molar-refractivity contribution >= 4 is 67.5 Å². The Morgan fingerprint density at radius 1 is 1.32 bits per heavy atom. The van der Waals surface area contributed by atoms with Crippen LogP contribution >= 0.6 is 50.5 Å². The van der Waals surface area contributed by atoms with Gasteiger partial charge in [-0.1, -0.05) is 40.6 Å². The fourth-order valence-corrected chi connectivity index (χ4v) is 3.16. The second-order valence-corrected chi connectivity index (χ2v) is 7.28. The minimum Gasteiger partial charge on any atom is -0.455 e. The van der Waals surface area contributed by atoms with Crippen LogP contribution < -0.4 is 5.32 Å². The largest absolute Gasteiger partial charge is 0.455 e. The number of hydrogen-bond donors (Lipinski definition) is 1. The number of benzene rings is 1. The van der Waals surface area contributed by atoms with Crippen molar-refractivity contribution in [3.63, 3.8) is 0 Å². The molecule has 0 aliphatic carbocycles. The molecule has 1 aromatic heterocycles. The first-order valence-electron chi connectivity index (χ1n) is 5.95. The lowest BCUT2D eigenvalue weighted by atomic mass is 10.1. The quantitative estimate of drug-likeness (QED) is 0.739. The average molecular weight is 424 g/mol. The van der Waals surface area contributed by atoms with E-state index in [9.17, 15) is 9.59 Å². The lowest BCUT2D eigenvalue weighted by molar-refractivity contribution is -0.146. The molecule has 1 heterocycles. The zero-order valence-electron chi connectivity index (χ0n) is 10.9. The minimum absolute atomic E-state index is 0.103. The Labute approximate surface area is 148 Å². The van der Waals surface area contributed by atoms with Crippen molar-refractivity contribution in [2.24, 2.45) is 0 Å². The molecular weight excluding hydrogens is 415 g/mol. The fraction of sp³-hybridized carbons (Fsp3) is 0.154. The number of nitrogens with zero attached hydrogens (tertiary/aromatic N) is 1. The van der Waals surface area contributed by atoms with E-state index in [1.54, 1.807) is 24.4 Å². The highest BCUT2D eigenvalue weighted by Gasteiger charge is 2.14. The highest BCUT2D eigenvalue weighted by atomic mass is 79.9. The molecule has 0 radical (unpaired) electrons. The first-order chi connectivity index (χ1) is 10.5. The van der Waals surface area contributed by atoms with Crippen LogP contribution in [0, 0.1) is 0 Å². The van der Waals surface area contributed by atoms with Gasteiger partial charge >= 0.3 is 5.97 Å².